The Labute approximate surface area is 55.3 Å². The van der Waals surface area contributed by atoms with Crippen LogP contribution in [-0.2, 0) is 0 Å². The average Bonchev–Trinajstić information content (AvgIpc) is 1.87. The van der Waals surface area contributed by atoms with Crippen molar-refractivity contribution in [2.75, 3.05) is 6.54 Å². The number of hydrogen-bond acceptors (Lipinski definition) is 3. The summed E-state index contributed by atoms with van der Waals surface area (Å²) in [6.07, 6.45) is 1.67. The van der Waals surface area contributed by atoms with Crippen LogP contribution in [0.3, 0.4) is 0 Å². The van der Waals surface area contributed by atoms with Crippen LogP contribution in [-0.4, -0.2) is 11.7 Å². The van der Waals surface area contributed by atoms with Crippen LogP contribution in [0.2, 0.25) is 0 Å². The van der Waals surface area contributed by atoms with E-state index in [-0.39, 0.29) is 12.3 Å². The fourth-order valence-corrected chi connectivity index (χ4v) is 0.545. The second-order valence-corrected chi connectivity index (χ2v) is 1.93. The highest BCUT2D eigenvalue weighted by Gasteiger charge is 1.95. The highest BCUT2D eigenvalue weighted by atomic mass is 16.3. The first kappa shape index (κ1) is 8.30. The van der Waals surface area contributed by atoms with E-state index in [1.54, 1.807) is 0 Å². The van der Waals surface area contributed by atoms with Gasteiger partial charge >= 0.3 is 0 Å². The van der Waals surface area contributed by atoms with Crippen molar-refractivity contribution in [1.82, 2.24) is 0 Å². The zero-order valence-corrected chi connectivity index (χ0v) is 5.72. The van der Waals surface area contributed by atoms with Gasteiger partial charge in [-0.3, -0.25) is 0 Å². The number of allylic oxidation sites excluding steroid dienone is 1. The largest absolute Gasteiger partial charge is 0.509 e. The van der Waals surface area contributed by atoms with Crippen molar-refractivity contribution in [1.29, 1.82) is 0 Å². The van der Waals surface area contributed by atoms with Crippen molar-refractivity contribution in [3.05, 3.63) is 11.5 Å². The summed E-state index contributed by atoms with van der Waals surface area (Å²) in [5, 5.41) is 8.89. The van der Waals surface area contributed by atoms with Gasteiger partial charge < -0.3 is 16.6 Å². The molecule has 54 valence electrons. The van der Waals surface area contributed by atoms with Crippen LogP contribution in [0, 0.1) is 0 Å². The molecule has 9 heavy (non-hydrogen) atoms. The monoisotopic (exact) mass is 130 g/mol. The Kier molecular flexibility index (Phi) is 3.88. The van der Waals surface area contributed by atoms with Gasteiger partial charge in [0.05, 0.1) is 6.54 Å². The van der Waals surface area contributed by atoms with Gasteiger partial charge in [-0.15, -0.1) is 0 Å². The SMILES string of the molecule is CCCC(N)=C(O)CN. The predicted octanol–water partition coefficient (Wildman–Crippen LogP) is 0.474. The predicted molar refractivity (Wildman–Crippen MR) is 37.8 cm³/mol. The van der Waals surface area contributed by atoms with Crippen LogP contribution in [0.5, 0.6) is 0 Å². The number of aliphatic hydroxyl groups is 1. The van der Waals surface area contributed by atoms with Gasteiger partial charge in [0.2, 0.25) is 0 Å². The summed E-state index contributed by atoms with van der Waals surface area (Å²) >= 11 is 0. The Balaban J connectivity index is 3.78. The number of rotatable bonds is 3. The van der Waals surface area contributed by atoms with Crippen LogP contribution in [0.4, 0.5) is 0 Å². The lowest BCUT2D eigenvalue weighted by Gasteiger charge is -2.00. The summed E-state index contributed by atoms with van der Waals surface area (Å²) in [7, 11) is 0. The van der Waals surface area contributed by atoms with Crippen molar-refractivity contribution in [2.45, 2.75) is 19.8 Å². The average molecular weight is 130 g/mol. The molecule has 0 spiro atoms. The standard InChI is InChI=1S/C6H14N2O/c1-2-3-5(8)6(9)4-7/h9H,2-4,7-8H2,1H3. The van der Waals surface area contributed by atoms with Crippen LogP contribution in [0.15, 0.2) is 11.5 Å². The Morgan fingerprint density at radius 1 is 1.56 bits per heavy atom. The van der Waals surface area contributed by atoms with Gasteiger partial charge in [0.25, 0.3) is 0 Å². The first-order valence-corrected chi connectivity index (χ1v) is 3.08. The van der Waals surface area contributed by atoms with E-state index in [9.17, 15) is 0 Å². The zero-order chi connectivity index (χ0) is 7.28. The molecular formula is C6H14N2O. The Hall–Kier alpha value is -0.700. The second-order valence-electron chi connectivity index (χ2n) is 1.93. The smallest absolute Gasteiger partial charge is 0.124 e. The first-order valence-electron chi connectivity index (χ1n) is 3.08. The van der Waals surface area contributed by atoms with Gasteiger partial charge in [-0.05, 0) is 6.42 Å². The number of aliphatic hydroxyl groups excluding tert-OH is 1. The molecule has 3 nitrogen and oxygen atoms in total. The van der Waals surface area contributed by atoms with E-state index in [1.165, 1.54) is 0 Å². The lowest BCUT2D eigenvalue weighted by molar-refractivity contribution is 0.392. The van der Waals surface area contributed by atoms with E-state index >= 15 is 0 Å². The van der Waals surface area contributed by atoms with E-state index in [0.29, 0.717) is 5.70 Å². The molecule has 0 saturated heterocycles. The Bertz CT molecular complexity index is 110. The lowest BCUT2D eigenvalue weighted by Crippen LogP contribution is -2.10. The van der Waals surface area contributed by atoms with Crippen molar-refractivity contribution in [3.8, 4) is 0 Å². The van der Waals surface area contributed by atoms with Gasteiger partial charge in [0.15, 0.2) is 0 Å². The fraction of sp³-hybridized carbons (Fsp3) is 0.667. The van der Waals surface area contributed by atoms with Crippen molar-refractivity contribution >= 4 is 0 Å². The first-order chi connectivity index (χ1) is 4.22. The molecule has 0 radical (unpaired) electrons. The van der Waals surface area contributed by atoms with Crippen LogP contribution in [0.25, 0.3) is 0 Å². The minimum atomic E-state index is 0.122. The molecule has 0 aromatic rings. The molecule has 0 aromatic heterocycles. The molecule has 0 bridgehead atoms. The van der Waals surface area contributed by atoms with Crippen LogP contribution in [0.1, 0.15) is 19.8 Å². The van der Waals surface area contributed by atoms with Crippen molar-refractivity contribution in [2.24, 2.45) is 11.5 Å². The third-order valence-corrected chi connectivity index (χ3v) is 1.08. The topological polar surface area (TPSA) is 72.3 Å². The molecular weight excluding hydrogens is 116 g/mol. The molecule has 5 N–H and O–H groups in total. The zero-order valence-electron chi connectivity index (χ0n) is 5.72. The van der Waals surface area contributed by atoms with Crippen LogP contribution < -0.4 is 11.5 Å². The highest BCUT2D eigenvalue weighted by molar-refractivity contribution is 5.03. The molecule has 0 unspecified atom stereocenters. The van der Waals surface area contributed by atoms with Gasteiger partial charge in [-0.25, -0.2) is 0 Å². The maximum Gasteiger partial charge on any atom is 0.124 e. The van der Waals surface area contributed by atoms with E-state index in [2.05, 4.69) is 0 Å². The second kappa shape index (κ2) is 4.21. The van der Waals surface area contributed by atoms with Crippen LogP contribution >= 0.6 is 0 Å². The van der Waals surface area contributed by atoms with E-state index < -0.39 is 0 Å². The van der Waals surface area contributed by atoms with E-state index in [4.69, 9.17) is 16.6 Å². The summed E-state index contributed by atoms with van der Waals surface area (Å²) in [5.74, 6) is 0.122. The molecule has 3 heteroatoms. The van der Waals surface area contributed by atoms with E-state index in [1.807, 2.05) is 6.92 Å². The molecule has 0 atom stereocenters. The summed E-state index contributed by atoms with van der Waals surface area (Å²) in [6, 6.07) is 0. The maximum absolute atomic E-state index is 8.89. The molecule has 0 aliphatic rings. The molecule has 0 rings (SSSR count). The van der Waals surface area contributed by atoms with Crippen molar-refractivity contribution in [3.63, 3.8) is 0 Å². The molecule has 0 fully saturated rings. The molecule has 0 aliphatic carbocycles. The third kappa shape index (κ3) is 2.98. The van der Waals surface area contributed by atoms with E-state index in [0.717, 1.165) is 12.8 Å². The maximum atomic E-state index is 8.89. The molecule has 0 amide bonds. The Morgan fingerprint density at radius 3 is 2.44 bits per heavy atom. The Morgan fingerprint density at radius 2 is 2.11 bits per heavy atom. The van der Waals surface area contributed by atoms with Gasteiger partial charge in [0.1, 0.15) is 5.76 Å². The number of nitrogens with two attached hydrogens (primary N) is 2. The molecule has 0 aromatic carbocycles. The molecule has 0 aliphatic heterocycles. The summed E-state index contributed by atoms with van der Waals surface area (Å²) in [5.41, 5.74) is 11.0. The van der Waals surface area contributed by atoms with Gasteiger partial charge in [0, 0.05) is 5.70 Å². The highest BCUT2D eigenvalue weighted by Crippen LogP contribution is 2.00. The minimum absolute atomic E-state index is 0.122. The quantitative estimate of drug-likeness (QED) is 0.486. The lowest BCUT2D eigenvalue weighted by atomic mass is 10.2. The summed E-state index contributed by atoms with van der Waals surface area (Å²) < 4.78 is 0. The molecule has 0 saturated carbocycles. The minimum Gasteiger partial charge on any atom is -0.509 e. The third-order valence-electron chi connectivity index (χ3n) is 1.08. The van der Waals surface area contributed by atoms with Crippen molar-refractivity contribution < 1.29 is 5.11 Å². The molecule has 0 heterocycles. The summed E-state index contributed by atoms with van der Waals surface area (Å²) in [4.78, 5) is 0. The number of hydrogen-bond donors (Lipinski definition) is 3. The fourth-order valence-electron chi connectivity index (χ4n) is 0.545. The van der Waals surface area contributed by atoms with Gasteiger partial charge in [-0.2, -0.15) is 0 Å². The normalized spacial score (nSPS) is 13.1. The van der Waals surface area contributed by atoms with Gasteiger partial charge in [-0.1, -0.05) is 13.3 Å². The summed E-state index contributed by atoms with van der Waals surface area (Å²) in [6.45, 7) is 2.14.